The highest BCUT2D eigenvalue weighted by Crippen LogP contribution is 2.24. The van der Waals surface area contributed by atoms with Gasteiger partial charge in [-0.3, -0.25) is 19.2 Å². The number of rotatable bonds is 13. The highest BCUT2D eigenvalue weighted by Gasteiger charge is 2.22. The minimum absolute atomic E-state index is 0.0108. The summed E-state index contributed by atoms with van der Waals surface area (Å²) >= 11 is 0. The average molecular weight is 481 g/mol. The summed E-state index contributed by atoms with van der Waals surface area (Å²) in [5, 5.41) is 2.66. The van der Waals surface area contributed by atoms with Gasteiger partial charge in [0.2, 0.25) is 5.91 Å². The fourth-order valence-corrected chi connectivity index (χ4v) is 3.73. The molecule has 1 aliphatic rings. The van der Waals surface area contributed by atoms with Crippen LogP contribution in [-0.2, 0) is 19.1 Å². The number of benzene rings is 2. The Kier molecular flexibility index (Phi) is 9.83. The number of Topliss-reactive ketones (excluding diaryl/α,β-unsaturated/α-hetero) is 1. The minimum atomic E-state index is -0.624. The third-order valence-corrected chi connectivity index (χ3v) is 5.63. The third kappa shape index (κ3) is 8.24. The van der Waals surface area contributed by atoms with Crippen LogP contribution in [0.5, 0.6) is 5.75 Å². The summed E-state index contributed by atoms with van der Waals surface area (Å²) in [5.41, 5.74) is 1.72. The van der Waals surface area contributed by atoms with Crippen molar-refractivity contribution >= 4 is 34.9 Å². The summed E-state index contributed by atoms with van der Waals surface area (Å²) < 4.78 is 10.6. The molecule has 1 saturated heterocycles. The lowest BCUT2D eigenvalue weighted by Gasteiger charge is -2.16. The van der Waals surface area contributed by atoms with E-state index >= 15 is 0 Å². The second kappa shape index (κ2) is 13.3. The lowest BCUT2D eigenvalue weighted by atomic mass is 10.1. The van der Waals surface area contributed by atoms with Crippen molar-refractivity contribution < 1.29 is 28.7 Å². The van der Waals surface area contributed by atoms with Crippen LogP contribution < -0.4 is 15.0 Å². The first-order valence-electron chi connectivity index (χ1n) is 12.1. The maximum atomic E-state index is 12.3. The summed E-state index contributed by atoms with van der Waals surface area (Å²) in [6.45, 7) is 2.97. The number of hydrogen-bond donors (Lipinski definition) is 1. The van der Waals surface area contributed by atoms with Gasteiger partial charge in [0.05, 0.1) is 13.0 Å². The SMILES string of the molecule is CCCCCOc1ccc(C(=O)CCC(=O)OCC(=O)Nc2cccc(N3CCCC3=O)c2)cc1. The van der Waals surface area contributed by atoms with Crippen LogP contribution >= 0.6 is 0 Å². The van der Waals surface area contributed by atoms with E-state index in [9.17, 15) is 19.2 Å². The minimum Gasteiger partial charge on any atom is -0.494 e. The van der Waals surface area contributed by atoms with Crippen molar-refractivity contribution in [1.29, 1.82) is 0 Å². The molecule has 0 saturated carbocycles. The molecule has 2 amide bonds. The molecule has 0 bridgehead atoms. The molecule has 0 aliphatic carbocycles. The van der Waals surface area contributed by atoms with Crippen LogP contribution in [0.2, 0.25) is 0 Å². The predicted molar refractivity (Wildman–Crippen MR) is 133 cm³/mol. The Morgan fingerprint density at radius 1 is 1.03 bits per heavy atom. The van der Waals surface area contributed by atoms with Gasteiger partial charge in [0, 0.05) is 36.3 Å². The number of ketones is 1. The van der Waals surface area contributed by atoms with Crippen LogP contribution in [0.25, 0.3) is 0 Å². The van der Waals surface area contributed by atoms with Gasteiger partial charge in [-0.15, -0.1) is 0 Å². The van der Waals surface area contributed by atoms with Crippen LogP contribution in [0, 0.1) is 0 Å². The fourth-order valence-electron chi connectivity index (χ4n) is 3.73. The van der Waals surface area contributed by atoms with Crippen LogP contribution in [0.15, 0.2) is 48.5 Å². The molecule has 0 spiro atoms. The van der Waals surface area contributed by atoms with E-state index in [2.05, 4.69) is 12.2 Å². The van der Waals surface area contributed by atoms with Gasteiger partial charge in [0.25, 0.3) is 5.91 Å². The molecule has 1 aliphatic heterocycles. The van der Waals surface area contributed by atoms with E-state index in [1.807, 2.05) is 6.07 Å². The Hall–Kier alpha value is -3.68. The van der Waals surface area contributed by atoms with Crippen molar-refractivity contribution in [1.82, 2.24) is 0 Å². The molecule has 0 aromatic heterocycles. The lowest BCUT2D eigenvalue weighted by molar-refractivity contribution is -0.147. The molecule has 186 valence electrons. The standard InChI is InChI=1S/C27H32N2O6/c1-2-3-4-17-34-23-12-10-20(11-13-23)24(30)14-15-27(33)35-19-25(31)28-21-7-5-8-22(18-21)29-16-6-9-26(29)32/h5,7-8,10-13,18H,2-4,6,9,14-17,19H2,1H3,(H,28,31). The topological polar surface area (TPSA) is 102 Å². The van der Waals surface area contributed by atoms with Crippen LogP contribution in [-0.4, -0.2) is 43.3 Å². The molecular weight excluding hydrogens is 448 g/mol. The number of nitrogens with zero attached hydrogens (tertiary/aromatic N) is 1. The smallest absolute Gasteiger partial charge is 0.306 e. The number of nitrogens with one attached hydrogen (secondary N) is 1. The van der Waals surface area contributed by atoms with E-state index < -0.39 is 18.5 Å². The quantitative estimate of drug-likeness (QED) is 0.257. The molecule has 0 atom stereocenters. The lowest BCUT2D eigenvalue weighted by Crippen LogP contribution is -2.24. The first kappa shape index (κ1) is 25.9. The monoisotopic (exact) mass is 480 g/mol. The zero-order chi connectivity index (χ0) is 25.0. The Morgan fingerprint density at radius 3 is 2.54 bits per heavy atom. The van der Waals surface area contributed by atoms with Crippen molar-refractivity contribution in [3.8, 4) is 5.75 Å². The number of ether oxygens (including phenoxy) is 2. The van der Waals surface area contributed by atoms with Gasteiger partial charge in [-0.2, -0.15) is 0 Å². The van der Waals surface area contributed by atoms with Crippen molar-refractivity contribution in [3.63, 3.8) is 0 Å². The summed E-state index contributed by atoms with van der Waals surface area (Å²) in [7, 11) is 0. The normalized spacial score (nSPS) is 12.9. The van der Waals surface area contributed by atoms with E-state index in [1.54, 1.807) is 47.4 Å². The number of anilines is 2. The van der Waals surface area contributed by atoms with E-state index in [-0.39, 0.29) is 24.5 Å². The molecule has 1 fully saturated rings. The number of carbonyl (C=O) groups excluding carboxylic acids is 4. The molecular formula is C27H32N2O6. The molecule has 0 unspecified atom stereocenters. The number of unbranched alkanes of at least 4 members (excludes halogenated alkanes) is 2. The zero-order valence-corrected chi connectivity index (χ0v) is 20.1. The second-order valence-electron chi connectivity index (χ2n) is 8.41. The van der Waals surface area contributed by atoms with E-state index in [0.717, 1.165) is 31.4 Å². The highest BCUT2D eigenvalue weighted by molar-refractivity contribution is 5.99. The van der Waals surface area contributed by atoms with Gasteiger partial charge in [0.1, 0.15) is 5.75 Å². The van der Waals surface area contributed by atoms with Crippen molar-refractivity contribution in [2.75, 3.05) is 30.0 Å². The summed E-state index contributed by atoms with van der Waals surface area (Å²) in [5.74, 6) is -0.536. The van der Waals surface area contributed by atoms with Crippen molar-refractivity contribution in [3.05, 3.63) is 54.1 Å². The molecule has 0 radical (unpaired) electrons. The zero-order valence-electron chi connectivity index (χ0n) is 20.1. The summed E-state index contributed by atoms with van der Waals surface area (Å²) in [6.07, 6.45) is 4.43. The van der Waals surface area contributed by atoms with Crippen molar-refractivity contribution in [2.24, 2.45) is 0 Å². The molecule has 8 nitrogen and oxygen atoms in total. The maximum Gasteiger partial charge on any atom is 0.306 e. The number of carbonyl (C=O) groups is 4. The van der Waals surface area contributed by atoms with Crippen molar-refractivity contribution in [2.45, 2.75) is 51.9 Å². The van der Waals surface area contributed by atoms with Gasteiger partial charge in [0.15, 0.2) is 12.4 Å². The summed E-state index contributed by atoms with van der Waals surface area (Å²) in [4.78, 5) is 50.1. The van der Waals surface area contributed by atoms with Gasteiger partial charge in [-0.25, -0.2) is 0 Å². The average Bonchev–Trinajstić information content (AvgIpc) is 3.30. The van der Waals surface area contributed by atoms with Crippen LogP contribution in [0.1, 0.15) is 62.2 Å². The first-order valence-corrected chi connectivity index (χ1v) is 12.1. The van der Waals surface area contributed by atoms with Gasteiger partial charge in [-0.05, 0) is 55.3 Å². The van der Waals surface area contributed by atoms with Gasteiger partial charge < -0.3 is 19.7 Å². The molecule has 2 aromatic carbocycles. The maximum absolute atomic E-state index is 12.3. The molecule has 2 aromatic rings. The third-order valence-electron chi connectivity index (χ3n) is 5.63. The second-order valence-corrected chi connectivity index (χ2v) is 8.41. The molecule has 8 heteroatoms. The molecule has 3 rings (SSSR count). The van der Waals surface area contributed by atoms with Crippen LogP contribution in [0.3, 0.4) is 0 Å². The number of hydrogen-bond acceptors (Lipinski definition) is 6. The number of esters is 1. The first-order chi connectivity index (χ1) is 17.0. The van der Waals surface area contributed by atoms with E-state index in [0.29, 0.717) is 36.6 Å². The fraction of sp³-hybridized carbons (Fsp3) is 0.407. The Balaban J connectivity index is 1.37. The van der Waals surface area contributed by atoms with E-state index in [1.165, 1.54) is 0 Å². The largest absolute Gasteiger partial charge is 0.494 e. The number of amides is 2. The Morgan fingerprint density at radius 2 is 1.83 bits per heavy atom. The Labute approximate surface area is 205 Å². The van der Waals surface area contributed by atoms with Crippen LogP contribution in [0.4, 0.5) is 11.4 Å². The van der Waals surface area contributed by atoms with Gasteiger partial charge in [-0.1, -0.05) is 25.8 Å². The molecule has 1 N–H and O–H groups in total. The predicted octanol–water partition coefficient (Wildman–Crippen LogP) is 4.53. The van der Waals surface area contributed by atoms with E-state index in [4.69, 9.17) is 9.47 Å². The Bertz CT molecular complexity index is 1030. The highest BCUT2D eigenvalue weighted by atomic mass is 16.5. The summed E-state index contributed by atoms with van der Waals surface area (Å²) in [6, 6.07) is 13.8. The molecule has 35 heavy (non-hydrogen) atoms. The molecule has 1 heterocycles. The van der Waals surface area contributed by atoms with Gasteiger partial charge >= 0.3 is 5.97 Å².